The van der Waals surface area contributed by atoms with Crippen LogP contribution in [0.3, 0.4) is 0 Å². The van der Waals surface area contributed by atoms with E-state index in [4.69, 9.17) is 19.2 Å². The molecule has 9 nitrogen and oxygen atoms in total. The molecule has 0 saturated carbocycles. The summed E-state index contributed by atoms with van der Waals surface area (Å²) in [5.74, 6) is 0.277. The van der Waals surface area contributed by atoms with E-state index < -0.39 is 11.2 Å². The van der Waals surface area contributed by atoms with E-state index in [9.17, 15) is 14.4 Å². The third kappa shape index (κ3) is 7.88. The zero-order valence-corrected chi connectivity index (χ0v) is 24.1. The zero-order valence-electron chi connectivity index (χ0n) is 23.3. The summed E-state index contributed by atoms with van der Waals surface area (Å²) < 4.78 is 15.8. The Hall–Kier alpha value is -4.31. The predicted octanol–water partition coefficient (Wildman–Crippen LogP) is 4.76. The lowest BCUT2D eigenvalue weighted by Crippen LogP contribution is -2.46. The van der Waals surface area contributed by atoms with Crippen molar-refractivity contribution < 1.29 is 28.6 Å². The first-order valence-corrected chi connectivity index (χ1v) is 14.1. The van der Waals surface area contributed by atoms with E-state index in [1.807, 2.05) is 42.5 Å². The normalized spacial score (nSPS) is 15.9. The molecular formula is C31H33N3O6S. The van der Waals surface area contributed by atoms with Gasteiger partial charge in [-0.2, -0.15) is 0 Å². The van der Waals surface area contributed by atoms with Crippen LogP contribution >= 0.6 is 11.8 Å². The fourth-order valence-corrected chi connectivity index (χ4v) is 5.37. The van der Waals surface area contributed by atoms with Gasteiger partial charge in [0.15, 0.2) is 16.7 Å². The second kappa shape index (κ2) is 14.4. The molecule has 1 atom stereocenters. The van der Waals surface area contributed by atoms with E-state index in [2.05, 4.69) is 5.32 Å². The Bertz CT molecular complexity index is 1390. The van der Waals surface area contributed by atoms with Gasteiger partial charge >= 0.3 is 5.97 Å². The molecule has 0 aliphatic carbocycles. The topological polar surface area (TPSA) is 107 Å². The van der Waals surface area contributed by atoms with Crippen LogP contribution in [0.15, 0.2) is 77.8 Å². The average Bonchev–Trinajstić information content (AvgIpc) is 2.99. The number of esters is 1. The molecule has 4 rings (SSSR count). The summed E-state index contributed by atoms with van der Waals surface area (Å²) in [5, 5.41) is 2.73. The monoisotopic (exact) mass is 575 g/mol. The van der Waals surface area contributed by atoms with Gasteiger partial charge < -0.3 is 19.5 Å². The summed E-state index contributed by atoms with van der Waals surface area (Å²) in [6.45, 7) is 2.72. The van der Waals surface area contributed by atoms with Gasteiger partial charge in [-0.15, -0.1) is 0 Å². The highest BCUT2D eigenvalue weighted by atomic mass is 32.2. The number of methoxy groups -OCH3 is 2. The molecule has 1 fully saturated rings. The molecule has 1 heterocycles. The fourth-order valence-electron chi connectivity index (χ4n) is 4.24. The van der Waals surface area contributed by atoms with Crippen LogP contribution in [-0.2, 0) is 27.3 Å². The number of hydrogen-bond acceptors (Lipinski definition) is 8. The lowest BCUT2D eigenvalue weighted by molar-refractivity contribution is -0.130. The molecule has 0 radical (unpaired) electrons. The maximum absolute atomic E-state index is 13.4. The van der Waals surface area contributed by atoms with E-state index in [1.165, 1.54) is 11.8 Å². The highest BCUT2D eigenvalue weighted by Gasteiger charge is 2.36. The number of rotatable bonds is 11. The largest absolute Gasteiger partial charge is 0.493 e. The molecule has 3 aromatic carbocycles. The van der Waals surface area contributed by atoms with Crippen LogP contribution in [0.25, 0.3) is 0 Å². The Morgan fingerprint density at radius 1 is 0.976 bits per heavy atom. The van der Waals surface area contributed by atoms with Crippen molar-refractivity contribution in [2.75, 3.05) is 27.4 Å². The third-order valence-corrected chi connectivity index (χ3v) is 7.57. The van der Waals surface area contributed by atoms with Crippen molar-refractivity contribution in [1.82, 2.24) is 10.2 Å². The molecule has 1 aliphatic heterocycles. The van der Waals surface area contributed by atoms with Crippen molar-refractivity contribution in [1.29, 1.82) is 0 Å². The second-order valence-electron chi connectivity index (χ2n) is 9.17. The maximum Gasteiger partial charge on any atom is 0.338 e. The number of benzene rings is 3. The van der Waals surface area contributed by atoms with Crippen LogP contribution in [-0.4, -0.2) is 60.5 Å². The first-order chi connectivity index (χ1) is 19.9. The Kier molecular flexibility index (Phi) is 10.4. The summed E-state index contributed by atoms with van der Waals surface area (Å²) in [7, 11) is 3.11. The van der Waals surface area contributed by atoms with Crippen molar-refractivity contribution in [2.45, 2.75) is 31.6 Å². The number of nitrogens with one attached hydrogen (secondary N) is 1. The van der Waals surface area contributed by atoms with Crippen molar-refractivity contribution >= 4 is 40.4 Å². The first-order valence-electron chi connectivity index (χ1n) is 13.3. The van der Waals surface area contributed by atoms with Gasteiger partial charge in [0.25, 0.3) is 0 Å². The number of aliphatic imine (C=N–C) groups is 1. The van der Waals surface area contributed by atoms with Gasteiger partial charge in [-0.1, -0.05) is 48.2 Å². The SMILES string of the molecule is CCOC(=O)c1ccc(N=C2SC(C(=O)NCCc3ccccc3)CC(=O)N2Cc2ccc(OC)c(OC)c2)cc1. The molecule has 0 aromatic heterocycles. The molecule has 41 heavy (non-hydrogen) atoms. The van der Waals surface area contributed by atoms with Gasteiger partial charge in [0.1, 0.15) is 0 Å². The average molecular weight is 576 g/mol. The van der Waals surface area contributed by atoms with Gasteiger partial charge in [0.2, 0.25) is 11.8 Å². The summed E-state index contributed by atoms with van der Waals surface area (Å²) >= 11 is 1.24. The lowest BCUT2D eigenvalue weighted by Gasteiger charge is -2.32. The van der Waals surface area contributed by atoms with E-state index >= 15 is 0 Å². The molecule has 0 bridgehead atoms. The minimum Gasteiger partial charge on any atom is -0.493 e. The Labute approximate surface area is 243 Å². The smallest absolute Gasteiger partial charge is 0.338 e. The molecule has 1 aliphatic rings. The predicted molar refractivity (Wildman–Crippen MR) is 159 cm³/mol. The minimum absolute atomic E-state index is 0.0376. The van der Waals surface area contributed by atoms with Crippen LogP contribution in [0.4, 0.5) is 5.69 Å². The number of thioether (sulfide) groups is 1. The highest BCUT2D eigenvalue weighted by Crippen LogP contribution is 2.33. The van der Waals surface area contributed by atoms with Crippen molar-refractivity contribution in [3.05, 3.63) is 89.5 Å². The number of amides is 2. The Balaban J connectivity index is 1.55. The quantitative estimate of drug-likeness (QED) is 0.329. The Morgan fingerprint density at radius 3 is 2.39 bits per heavy atom. The number of amidine groups is 1. The number of hydrogen-bond donors (Lipinski definition) is 1. The zero-order chi connectivity index (χ0) is 29.2. The maximum atomic E-state index is 13.4. The van der Waals surface area contributed by atoms with Crippen LogP contribution in [0, 0.1) is 0 Å². The first kappa shape index (κ1) is 29.7. The standard InChI is InChI=1S/C31H33N3O6S/c1-4-40-30(37)23-11-13-24(14-12-23)33-31-34(20-22-10-15-25(38-2)26(18-22)39-3)28(35)19-27(41-31)29(36)32-17-16-21-8-6-5-7-9-21/h5-15,18,27H,4,16-17,19-20H2,1-3H3,(H,32,36). The summed E-state index contributed by atoms with van der Waals surface area (Å²) in [6.07, 6.45) is 0.729. The summed E-state index contributed by atoms with van der Waals surface area (Å²) in [4.78, 5) is 44.9. The van der Waals surface area contributed by atoms with Crippen LogP contribution in [0.5, 0.6) is 11.5 Å². The van der Waals surface area contributed by atoms with Crippen molar-refractivity contribution in [3.63, 3.8) is 0 Å². The van der Waals surface area contributed by atoms with Crippen LogP contribution in [0.2, 0.25) is 0 Å². The van der Waals surface area contributed by atoms with E-state index in [1.54, 1.807) is 56.4 Å². The van der Waals surface area contributed by atoms with E-state index in [0.717, 1.165) is 11.1 Å². The summed E-state index contributed by atoms with van der Waals surface area (Å²) in [6, 6.07) is 21.9. The minimum atomic E-state index is -0.627. The molecular weight excluding hydrogens is 542 g/mol. The number of ether oxygens (including phenoxy) is 3. The van der Waals surface area contributed by atoms with Crippen molar-refractivity contribution in [2.24, 2.45) is 4.99 Å². The number of carbonyl (C=O) groups is 3. The molecule has 1 N–H and O–H groups in total. The van der Waals surface area contributed by atoms with Gasteiger partial charge in [0, 0.05) is 13.0 Å². The second-order valence-corrected chi connectivity index (χ2v) is 10.3. The highest BCUT2D eigenvalue weighted by molar-refractivity contribution is 8.15. The Morgan fingerprint density at radius 2 is 1.71 bits per heavy atom. The summed E-state index contributed by atoms with van der Waals surface area (Å²) in [5.41, 5.74) is 2.87. The molecule has 1 unspecified atom stereocenters. The lowest BCUT2D eigenvalue weighted by atomic mass is 10.1. The van der Waals surface area contributed by atoms with Crippen molar-refractivity contribution in [3.8, 4) is 11.5 Å². The third-order valence-electron chi connectivity index (χ3n) is 6.38. The van der Waals surface area contributed by atoms with E-state index in [-0.39, 0.29) is 31.4 Å². The molecule has 10 heteroatoms. The number of carbonyl (C=O) groups excluding carboxylic acids is 3. The fraction of sp³-hybridized carbons (Fsp3) is 0.290. The van der Waals surface area contributed by atoms with Crippen LogP contribution in [0.1, 0.15) is 34.8 Å². The number of nitrogens with zero attached hydrogens (tertiary/aromatic N) is 2. The molecule has 1 saturated heterocycles. The van der Waals surface area contributed by atoms with Gasteiger partial charge in [0.05, 0.1) is 43.9 Å². The van der Waals surface area contributed by atoms with Gasteiger partial charge in [-0.25, -0.2) is 9.79 Å². The molecule has 3 aromatic rings. The molecule has 214 valence electrons. The van der Waals surface area contributed by atoms with Gasteiger partial charge in [-0.05, 0) is 60.9 Å². The molecule has 0 spiro atoms. The van der Waals surface area contributed by atoms with Crippen LogP contribution < -0.4 is 14.8 Å². The van der Waals surface area contributed by atoms with E-state index in [0.29, 0.717) is 40.9 Å². The molecule has 2 amide bonds. The van der Waals surface area contributed by atoms with Gasteiger partial charge in [-0.3, -0.25) is 14.5 Å².